The molecule has 1 aromatic carbocycles. The molecule has 1 aromatic rings. The predicted molar refractivity (Wildman–Crippen MR) is 64.1 cm³/mol. The van der Waals surface area contributed by atoms with Crippen molar-refractivity contribution in [2.45, 2.75) is 11.2 Å². The smallest absolute Gasteiger partial charge is 0.238 e. The minimum absolute atomic E-state index is 0.0816. The molecule has 0 radical (unpaired) electrons. The summed E-state index contributed by atoms with van der Waals surface area (Å²) in [6.07, 6.45) is -0.354. The number of methoxy groups -OCH3 is 2. The molecule has 1 rings (SSSR count). The third-order valence-electron chi connectivity index (χ3n) is 2.18. The Balaban J connectivity index is 2.63. The van der Waals surface area contributed by atoms with E-state index in [1.54, 1.807) is 26.4 Å². The van der Waals surface area contributed by atoms with Crippen molar-refractivity contribution in [3.63, 3.8) is 0 Å². The average molecular weight is 260 g/mol. The highest BCUT2D eigenvalue weighted by molar-refractivity contribution is 7.89. The molecule has 0 bridgehead atoms. The summed E-state index contributed by atoms with van der Waals surface area (Å²) in [6.45, 7) is 0.460. The minimum atomic E-state index is -3.64. The fraction of sp³-hybridized carbons (Fsp3) is 0.400. The molecule has 0 heterocycles. The number of nitrogens with one attached hydrogen (secondary N) is 1. The second-order valence-electron chi connectivity index (χ2n) is 3.35. The van der Waals surface area contributed by atoms with Crippen LogP contribution in [0.5, 0.6) is 0 Å². The lowest BCUT2D eigenvalue weighted by molar-refractivity contribution is -0.0914. The van der Waals surface area contributed by atoms with E-state index >= 15 is 0 Å². The van der Waals surface area contributed by atoms with E-state index in [9.17, 15) is 8.42 Å². The first-order valence-electron chi connectivity index (χ1n) is 4.89. The summed E-state index contributed by atoms with van der Waals surface area (Å²) >= 11 is 0. The lowest BCUT2D eigenvalue weighted by Gasteiger charge is -2.14. The van der Waals surface area contributed by atoms with Crippen molar-refractivity contribution in [1.29, 1.82) is 0 Å². The van der Waals surface area contributed by atoms with Crippen LogP contribution in [0, 0.1) is 0 Å². The van der Waals surface area contributed by atoms with Gasteiger partial charge in [-0.3, -0.25) is 0 Å². The Hall–Kier alpha value is -1.15. The lowest BCUT2D eigenvalue weighted by Crippen LogP contribution is -2.23. The number of hydrogen-bond acceptors (Lipinski definition) is 5. The third kappa shape index (κ3) is 4.31. The molecule has 3 N–H and O–H groups in total. The van der Waals surface area contributed by atoms with Crippen molar-refractivity contribution in [3.05, 3.63) is 24.3 Å². The maximum Gasteiger partial charge on any atom is 0.238 e. The molecule has 17 heavy (non-hydrogen) atoms. The fourth-order valence-electron chi connectivity index (χ4n) is 1.23. The van der Waals surface area contributed by atoms with Crippen molar-refractivity contribution in [3.8, 4) is 0 Å². The van der Waals surface area contributed by atoms with Gasteiger partial charge in [-0.15, -0.1) is 0 Å². The maximum atomic E-state index is 11.0. The molecule has 0 amide bonds. The maximum absolute atomic E-state index is 11.0. The summed E-state index contributed by atoms with van der Waals surface area (Å²) in [5, 5.41) is 8.02. The Morgan fingerprint density at radius 1 is 1.24 bits per heavy atom. The van der Waals surface area contributed by atoms with E-state index in [1.165, 1.54) is 12.1 Å². The van der Waals surface area contributed by atoms with Gasteiger partial charge in [0, 0.05) is 19.9 Å². The quantitative estimate of drug-likeness (QED) is 0.721. The third-order valence-corrected chi connectivity index (χ3v) is 3.11. The van der Waals surface area contributed by atoms with Gasteiger partial charge < -0.3 is 14.8 Å². The van der Waals surface area contributed by atoms with Gasteiger partial charge in [-0.2, -0.15) is 0 Å². The van der Waals surface area contributed by atoms with E-state index in [2.05, 4.69) is 5.32 Å². The fourth-order valence-corrected chi connectivity index (χ4v) is 1.74. The van der Waals surface area contributed by atoms with Gasteiger partial charge in [-0.1, -0.05) is 0 Å². The highest BCUT2D eigenvalue weighted by Crippen LogP contribution is 2.12. The summed E-state index contributed by atoms with van der Waals surface area (Å²) in [6, 6.07) is 6.13. The van der Waals surface area contributed by atoms with Crippen LogP contribution in [0.15, 0.2) is 29.2 Å². The second kappa shape index (κ2) is 5.97. The van der Waals surface area contributed by atoms with E-state index in [4.69, 9.17) is 14.6 Å². The van der Waals surface area contributed by atoms with Crippen LogP contribution in [-0.4, -0.2) is 35.5 Å². The highest BCUT2D eigenvalue weighted by atomic mass is 32.2. The number of anilines is 1. The number of sulfonamides is 1. The molecule has 0 aliphatic heterocycles. The van der Waals surface area contributed by atoms with Crippen LogP contribution >= 0.6 is 0 Å². The molecule has 6 nitrogen and oxygen atoms in total. The molecule has 0 saturated heterocycles. The van der Waals surface area contributed by atoms with E-state index in [-0.39, 0.29) is 11.2 Å². The lowest BCUT2D eigenvalue weighted by atomic mass is 10.3. The molecule has 0 aliphatic carbocycles. The summed E-state index contributed by atoms with van der Waals surface area (Å²) in [4.78, 5) is 0.0816. The van der Waals surface area contributed by atoms with Gasteiger partial charge in [-0.25, -0.2) is 13.6 Å². The van der Waals surface area contributed by atoms with E-state index in [0.717, 1.165) is 5.69 Å². The van der Waals surface area contributed by atoms with Crippen molar-refractivity contribution in [1.82, 2.24) is 0 Å². The molecule has 0 unspecified atom stereocenters. The van der Waals surface area contributed by atoms with Crippen LogP contribution in [0.3, 0.4) is 0 Å². The molecule has 0 saturated carbocycles. The Morgan fingerprint density at radius 2 is 1.76 bits per heavy atom. The number of rotatable bonds is 6. The zero-order chi connectivity index (χ0) is 12.9. The zero-order valence-electron chi connectivity index (χ0n) is 9.71. The van der Waals surface area contributed by atoms with Crippen molar-refractivity contribution >= 4 is 15.7 Å². The van der Waals surface area contributed by atoms with Crippen LogP contribution in [0.1, 0.15) is 0 Å². The molecule has 0 fully saturated rings. The first kappa shape index (κ1) is 13.9. The van der Waals surface area contributed by atoms with Gasteiger partial charge in [0.15, 0.2) is 6.29 Å². The molecule has 7 heteroatoms. The molecule has 96 valence electrons. The van der Waals surface area contributed by atoms with E-state index < -0.39 is 10.0 Å². The molecular formula is C10H16N2O4S. The molecule has 0 atom stereocenters. The zero-order valence-corrected chi connectivity index (χ0v) is 10.5. The van der Waals surface area contributed by atoms with Gasteiger partial charge >= 0.3 is 0 Å². The van der Waals surface area contributed by atoms with Gasteiger partial charge in [0.1, 0.15) is 0 Å². The summed E-state index contributed by atoms with van der Waals surface area (Å²) in [7, 11) is -0.554. The Kier molecular flexibility index (Phi) is 4.88. The summed E-state index contributed by atoms with van der Waals surface area (Å²) in [5.41, 5.74) is 0.761. The minimum Gasteiger partial charge on any atom is -0.380 e. The average Bonchev–Trinajstić information content (AvgIpc) is 2.30. The molecular weight excluding hydrogens is 244 g/mol. The van der Waals surface area contributed by atoms with Crippen LogP contribution in [-0.2, 0) is 19.5 Å². The molecule has 0 spiro atoms. The second-order valence-corrected chi connectivity index (χ2v) is 4.91. The summed E-state index contributed by atoms with van der Waals surface area (Å²) < 4.78 is 32.0. The van der Waals surface area contributed by atoms with Crippen LogP contribution in [0.25, 0.3) is 0 Å². The number of ether oxygens (including phenoxy) is 2. The largest absolute Gasteiger partial charge is 0.380 e. The first-order chi connectivity index (χ1) is 7.97. The van der Waals surface area contributed by atoms with Gasteiger partial charge in [0.2, 0.25) is 10.0 Å². The van der Waals surface area contributed by atoms with Crippen LogP contribution in [0.2, 0.25) is 0 Å². The van der Waals surface area contributed by atoms with Crippen molar-refractivity contribution in [2.75, 3.05) is 26.1 Å². The van der Waals surface area contributed by atoms with Crippen molar-refractivity contribution < 1.29 is 17.9 Å². The molecule has 0 aromatic heterocycles. The van der Waals surface area contributed by atoms with Crippen LogP contribution in [0.4, 0.5) is 5.69 Å². The van der Waals surface area contributed by atoms with Gasteiger partial charge in [0.25, 0.3) is 0 Å². The van der Waals surface area contributed by atoms with E-state index in [0.29, 0.717) is 6.54 Å². The number of nitrogens with two attached hydrogens (primary N) is 1. The standard InChI is InChI=1S/C10H16N2O4S/c1-15-10(16-2)7-12-8-3-5-9(6-4-8)17(11,13)14/h3-6,10,12H,7H2,1-2H3,(H2,11,13,14). The first-order valence-corrected chi connectivity index (χ1v) is 6.44. The summed E-state index contributed by atoms with van der Waals surface area (Å²) in [5.74, 6) is 0. The van der Waals surface area contributed by atoms with Gasteiger partial charge in [-0.05, 0) is 24.3 Å². The van der Waals surface area contributed by atoms with E-state index in [1.807, 2.05) is 0 Å². The highest BCUT2D eigenvalue weighted by Gasteiger charge is 2.07. The van der Waals surface area contributed by atoms with Gasteiger partial charge in [0.05, 0.1) is 11.4 Å². The topological polar surface area (TPSA) is 90.6 Å². The molecule has 0 aliphatic rings. The Morgan fingerprint density at radius 3 is 2.18 bits per heavy atom. The predicted octanol–water partition coefficient (Wildman–Crippen LogP) is 0.365. The number of hydrogen-bond donors (Lipinski definition) is 2. The van der Waals surface area contributed by atoms with Crippen molar-refractivity contribution in [2.24, 2.45) is 5.14 Å². The Labute approximate surface area is 101 Å². The SMILES string of the molecule is COC(CNc1ccc(S(N)(=O)=O)cc1)OC. The Bertz CT molecular complexity index is 440. The normalized spacial score (nSPS) is 11.8. The van der Waals surface area contributed by atoms with Crippen LogP contribution < -0.4 is 10.5 Å². The number of benzene rings is 1. The monoisotopic (exact) mass is 260 g/mol. The number of primary sulfonamides is 1.